The maximum Gasteiger partial charge on any atom is 0.200 e. The zero-order valence-electron chi connectivity index (χ0n) is 39.3. The fraction of sp³-hybridized carbons (Fsp3) is 0.483. The Hall–Kier alpha value is -4.19. The molecule has 4 aliphatic rings. The molecule has 4 aliphatic carbocycles. The summed E-state index contributed by atoms with van der Waals surface area (Å²) in [5.41, 5.74) is 0.980. The van der Waals surface area contributed by atoms with Crippen LogP contribution < -0.4 is 20.7 Å². The van der Waals surface area contributed by atoms with E-state index in [0.717, 1.165) is 76.0 Å². The first-order valence-corrected chi connectivity index (χ1v) is 26.4. The lowest BCUT2D eigenvalue weighted by atomic mass is 9.77. The predicted octanol–water partition coefficient (Wildman–Crippen LogP) is 15.2. The zero-order valence-corrected chi connectivity index (χ0v) is 40.2. The average molecular weight is 925 g/mol. The first-order chi connectivity index (χ1) is 32.2. The van der Waals surface area contributed by atoms with Gasteiger partial charge >= 0.3 is 0 Å². The monoisotopic (exact) mass is 925 g/mol. The molecule has 66 heavy (non-hydrogen) atoms. The number of aromatic hydroxyl groups is 1. The van der Waals surface area contributed by atoms with Crippen molar-refractivity contribution in [2.75, 3.05) is 13.2 Å². The fourth-order valence-electron chi connectivity index (χ4n) is 9.90. The highest BCUT2D eigenvalue weighted by Gasteiger charge is 2.28. The van der Waals surface area contributed by atoms with Crippen LogP contribution in [0.1, 0.15) is 152 Å². The first kappa shape index (κ1) is 51.2. The molecule has 0 atom stereocenters. The summed E-state index contributed by atoms with van der Waals surface area (Å²) in [4.78, 5) is 0. The Labute approximate surface area is 394 Å². The van der Waals surface area contributed by atoms with Crippen molar-refractivity contribution in [2.24, 2.45) is 23.7 Å². The van der Waals surface area contributed by atoms with Crippen LogP contribution >= 0.6 is 7.92 Å². The van der Waals surface area contributed by atoms with Gasteiger partial charge in [-0.25, -0.2) is 8.78 Å². The smallest absolute Gasteiger partial charge is 0.200 e. The van der Waals surface area contributed by atoms with Gasteiger partial charge in [0, 0.05) is 6.61 Å². The number of hydrogen-bond donors (Lipinski definition) is 2. The highest BCUT2D eigenvalue weighted by molar-refractivity contribution is 7.79. The summed E-state index contributed by atoms with van der Waals surface area (Å²) in [6, 6.07) is 38.5. The highest BCUT2D eigenvalue weighted by atomic mass is 31.1. The summed E-state index contributed by atoms with van der Waals surface area (Å²) in [6.07, 6.45) is 20.5. The number of benzene rings is 5. The maximum absolute atomic E-state index is 14.5. The number of phenols is 1. The van der Waals surface area contributed by atoms with E-state index in [-0.39, 0.29) is 17.6 Å². The molecule has 356 valence electrons. The van der Waals surface area contributed by atoms with Crippen LogP contribution in [0.25, 0.3) is 0 Å². The van der Waals surface area contributed by atoms with Gasteiger partial charge < -0.3 is 14.9 Å². The van der Waals surface area contributed by atoms with Crippen LogP contribution in [0.5, 0.6) is 11.5 Å². The molecule has 4 fully saturated rings. The van der Waals surface area contributed by atoms with Crippen LogP contribution in [0.4, 0.5) is 17.6 Å². The van der Waals surface area contributed by atoms with E-state index in [9.17, 15) is 17.6 Å². The van der Waals surface area contributed by atoms with E-state index in [2.05, 4.69) is 105 Å². The number of aliphatic hydroxyl groups is 1. The Morgan fingerprint density at radius 2 is 0.879 bits per heavy atom. The van der Waals surface area contributed by atoms with Gasteiger partial charge in [0.2, 0.25) is 11.6 Å². The van der Waals surface area contributed by atoms with Crippen molar-refractivity contribution in [1.82, 2.24) is 0 Å². The molecule has 4 saturated carbocycles. The summed E-state index contributed by atoms with van der Waals surface area (Å²) >= 11 is 0. The Morgan fingerprint density at radius 3 is 1.24 bits per heavy atom. The third kappa shape index (κ3) is 14.7. The lowest BCUT2D eigenvalue weighted by Gasteiger charge is -2.29. The van der Waals surface area contributed by atoms with Crippen molar-refractivity contribution in [3.63, 3.8) is 0 Å². The molecule has 0 aliphatic heterocycles. The molecule has 3 nitrogen and oxygen atoms in total. The number of hydrogen-bond acceptors (Lipinski definition) is 3. The Bertz CT molecular complexity index is 2030. The molecule has 0 aromatic heterocycles. The second-order valence-electron chi connectivity index (χ2n) is 19.0. The van der Waals surface area contributed by atoms with Crippen LogP contribution in [-0.2, 0) is 0 Å². The number of aliphatic hydroxyl groups excluding tert-OH is 1. The summed E-state index contributed by atoms with van der Waals surface area (Å²) in [6.45, 7) is 5.32. The van der Waals surface area contributed by atoms with E-state index >= 15 is 0 Å². The number of halogens is 4. The van der Waals surface area contributed by atoms with Gasteiger partial charge in [0.15, 0.2) is 23.1 Å². The van der Waals surface area contributed by atoms with Gasteiger partial charge in [-0.1, -0.05) is 156 Å². The van der Waals surface area contributed by atoms with Gasteiger partial charge in [0.05, 0.1) is 6.61 Å². The molecule has 0 heterocycles. The molecule has 9 rings (SSSR count). The SMILES string of the molecule is CCCC1CCC(c2ccc(O)c(F)c2F)CC1.CCCC1CCC(c2ccc(OCC3CCC3)c(F)c2F)CC1.OCC1CCC1.c1ccc(P(c2ccccc2)c2ccccc2)cc1. The minimum atomic E-state index is -1.11. The van der Waals surface area contributed by atoms with Gasteiger partial charge in [-0.15, -0.1) is 0 Å². The van der Waals surface area contributed by atoms with Crippen LogP contribution in [0.15, 0.2) is 115 Å². The molecule has 8 heteroatoms. The minimum Gasteiger partial charge on any atom is -0.505 e. The summed E-state index contributed by atoms with van der Waals surface area (Å²) in [5, 5.41) is 21.7. The minimum absolute atomic E-state index is 0.0813. The van der Waals surface area contributed by atoms with Crippen molar-refractivity contribution in [2.45, 2.75) is 141 Å². The topological polar surface area (TPSA) is 49.7 Å². The van der Waals surface area contributed by atoms with Gasteiger partial charge in [0.1, 0.15) is 0 Å². The van der Waals surface area contributed by atoms with Crippen molar-refractivity contribution >= 4 is 23.8 Å². The molecular formula is C58H73F4O3P. The number of phenolic OH excluding ortho intramolecular Hbond substituents is 1. The van der Waals surface area contributed by atoms with Crippen molar-refractivity contribution in [1.29, 1.82) is 0 Å². The normalized spacial score (nSPS) is 20.5. The van der Waals surface area contributed by atoms with Crippen LogP contribution in [0.3, 0.4) is 0 Å². The molecule has 0 amide bonds. The van der Waals surface area contributed by atoms with Crippen molar-refractivity contribution < 1.29 is 32.5 Å². The van der Waals surface area contributed by atoms with Crippen LogP contribution in [-0.4, -0.2) is 23.4 Å². The average Bonchev–Trinajstić information content (AvgIpc) is 3.32. The summed E-state index contributed by atoms with van der Waals surface area (Å²) < 4.78 is 61.3. The fourth-order valence-corrected chi connectivity index (χ4v) is 12.2. The van der Waals surface area contributed by atoms with E-state index in [1.54, 1.807) is 12.1 Å². The van der Waals surface area contributed by atoms with Crippen LogP contribution in [0, 0.1) is 46.9 Å². The highest BCUT2D eigenvalue weighted by Crippen LogP contribution is 2.41. The van der Waals surface area contributed by atoms with Gasteiger partial charge in [0.25, 0.3) is 0 Å². The molecule has 0 spiro atoms. The molecule has 5 aromatic rings. The predicted molar refractivity (Wildman–Crippen MR) is 266 cm³/mol. The van der Waals surface area contributed by atoms with Gasteiger partial charge in [-0.05, 0) is 160 Å². The summed E-state index contributed by atoms with van der Waals surface area (Å²) in [7, 11) is -0.446. The van der Waals surface area contributed by atoms with Crippen molar-refractivity contribution in [3.8, 4) is 11.5 Å². The number of ether oxygens (including phenoxy) is 1. The first-order valence-electron chi connectivity index (χ1n) is 25.0. The summed E-state index contributed by atoms with van der Waals surface area (Å²) in [5.74, 6) is -0.994. The quantitative estimate of drug-likeness (QED) is 0.0914. The van der Waals surface area contributed by atoms with E-state index in [0.29, 0.717) is 36.2 Å². The lowest BCUT2D eigenvalue weighted by molar-refractivity contribution is 0.163. The molecule has 0 saturated heterocycles. The Balaban J connectivity index is 0.000000155. The molecular weight excluding hydrogens is 852 g/mol. The molecule has 5 aromatic carbocycles. The van der Waals surface area contributed by atoms with E-state index in [1.807, 2.05) is 0 Å². The van der Waals surface area contributed by atoms with Crippen LogP contribution in [0.2, 0.25) is 0 Å². The lowest BCUT2D eigenvalue weighted by Crippen LogP contribution is -2.20. The van der Waals surface area contributed by atoms with E-state index in [1.165, 1.54) is 79.4 Å². The zero-order chi connectivity index (χ0) is 46.7. The van der Waals surface area contributed by atoms with Gasteiger partial charge in [-0.3, -0.25) is 0 Å². The second-order valence-corrected chi connectivity index (χ2v) is 21.2. The largest absolute Gasteiger partial charge is 0.505 e. The van der Waals surface area contributed by atoms with Gasteiger partial charge in [-0.2, -0.15) is 8.78 Å². The molecule has 2 N–H and O–H groups in total. The number of rotatable bonds is 13. The standard InChI is InChI=1S/C20H28F2O.C18H15P.C15H20F2O.C5H10O/c1-2-4-14-7-9-16(10-8-14)17-11-12-18(20(22)19(17)21)23-13-15-5-3-6-15;1-4-10-16(11-5-1)19(17-12-6-2-7-13-17)18-14-8-3-9-15-18;1-2-3-10-4-6-11(7-5-10)12-8-9-13(18)15(17)14(12)16;6-4-5-2-1-3-5/h11-12,14-16H,2-10,13H2,1H3;1-15H;8-11,18H,2-7H2,1H3;5-6H,1-4H2. The maximum atomic E-state index is 14.5. The Morgan fingerprint density at radius 1 is 0.470 bits per heavy atom. The van der Waals surface area contributed by atoms with Crippen molar-refractivity contribution in [3.05, 3.63) is 150 Å². The third-order valence-corrected chi connectivity index (χ3v) is 16.8. The third-order valence-electron chi connectivity index (χ3n) is 14.4. The Kier molecular flexibility index (Phi) is 20.9. The molecule has 0 unspecified atom stereocenters. The van der Waals surface area contributed by atoms with E-state index < -0.39 is 36.9 Å². The molecule has 0 radical (unpaired) electrons. The second kappa shape index (κ2) is 27.0. The molecule has 0 bridgehead atoms. The van der Waals surface area contributed by atoms with E-state index in [4.69, 9.17) is 14.9 Å².